The van der Waals surface area contributed by atoms with Crippen LogP contribution in [0.2, 0.25) is 5.02 Å². The highest BCUT2D eigenvalue weighted by Gasteiger charge is 2.24. The molecule has 0 unspecified atom stereocenters. The first kappa shape index (κ1) is 15.0. The molecule has 21 heavy (non-hydrogen) atoms. The van der Waals surface area contributed by atoms with Gasteiger partial charge in [0, 0.05) is 12.1 Å². The second-order valence-electron chi connectivity index (χ2n) is 6.05. The molecule has 5 heteroatoms. The number of nitrogens with one attached hydrogen (secondary N) is 1. The minimum Gasteiger partial charge on any atom is -0.330 e. The zero-order valence-corrected chi connectivity index (χ0v) is 13.7. The Morgan fingerprint density at radius 1 is 1.33 bits per heavy atom. The highest BCUT2D eigenvalue weighted by atomic mass is 35.5. The SMILES string of the molecule is CCCC1CCC(n2c(=S)[nH]c3cc(F)c(Cl)cc32)CC1. The fourth-order valence-electron chi connectivity index (χ4n) is 3.58. The highest BCUT2D eigenvalue weighted by Crippen LogP contribution is 2.36. The Morgan fingerprint density at radius 2 is 2.05 bits per heavy atom. The van der Waals surface area contributed by atoms with Gasteiger partial charge in [0.15, 0.2) is 4.77 Å². The second-order valence-corrected chi connectivity index (χ2v) is 6.84. The number of hydrogen-bond donors (Lipinski definition) is 1. The number of benzene rings is 1. The number of imidazole rings is 1. The molecule has 1 aliphatic rings. The largest absolute Gasteiger partial charge is 0.330 e. The average molecular weight is 327 g/mol. The summed E-state index contributed by atoms with van der Waals surface area (Å²) in [6, 6.07) is 3.53. The van der Waals surface area contributed by atoms with Crippen LogP contribution >= 0.6 is 23.8 Å². The van der Waals surface area contributed by atoms with Crippen molar-refractivity contribution < 1.29 is 4.39 Å². The van der Waals surface area contributed by atoms with Crippen LogP contribution < -0.4 is 0 Å². The first-order valence-corrected chi connectivity index (χ1v) is 8.48. The summed E-state index contributed by atoms with van der Waals surface area (Å²) in [5, 5.41) is 0.157. The molecular weight excluding hydrogens is 307 g/mol. The van der Waals surface area contributed by atoms with Crippen LogP contribution in [0.3, 0.4) is 0 Å². The minimum absolute atomic E-state index is 0.157. The van der Waals surface area contributed by atoms with E-state index in [1.807, 2.05) is 0 Å². The average Bonchev–Trinajstić information content (AvgIpc) is 2.76. The van der Waals surface area contributed by atoms with E-state index in [2.05, 4.69) is 16.5 Å². The number of aromatic amines is 1. The Bertz CT molecular complexity index is 698. The second kappa shape index (κ2) is 6.09. The molecule has 1 aliphatic carbocycles. The molecule has 3 rings (SSSR count). The summed E-state index contributed by atoms with van der Waals surface area (Å²) in [5.74, 6) is 0.450. The Morgan fingerprint density at radius 3 is 2.71 bits per heavy atom. The lowest BCUT2D eigenvalue weighted by atomic mass is 9.83. The first-order valence-electron chi connectivity index (χ1n) is 7.69. The third kappa shape index (κ3) is 2.88. The molecule has 0 bridgehead atoms. The molecule has 1 aromatic heterocycles. The van der Waals surface area contributed by atoms with E-state index < -0.39 is 5.82 Å². The van der Waals surface area contributed by atoms with Gasteiger partial charge in [-0.1, -0.05) is 31.4 Å². The van der Waals surface area contributed by atoms with Gasteiger partial charge >= 0.3 is 0 Å². The Labute approximate surface area is 134 Å². The molecule has 1 aromatic carbocycles. The van der Waals surface area contributed by atoms with Crippen molar-refractivity contribution in [2.45, 2.75) is 51.5 Å². The summed E-state index contributed by atoms with van der Waals surface area (Å²) in [6.45, 7) is 2.25. The van der Waals surface area contributed by atoms with E-state index in [4.69, 9.17) is 23.8 Å². The van der Waals surface area contributed by atoms with Gasteiger partial charge in [-0.05, 0) is 49.9 Å². The van der Waals surface area contributed by atoms with E-state index in [1.165, 1.54) is 31.7 Å². The van der Waals surface area contributed by atoms with Crippen molar-refractivity contribution in [3.63, 3.8) is 0 Å². The van der Waals surface area contributed by atoms with Crippen LogP contribution in [0, 0.1) is 16.5 Å². The fourth-order valence-corrected chi connectivity index (χ4v) is 4.10. The van der Waals surface area contributed by atoms with Crippen molar-refractivity contribution in [2.24, 2.45) is 5.92 Å². The molecule has 0 amide bonds. The molecule has 2 aromatic rings. The molecule has 1 heterocycles. The van der Waals surface area contributed by atoms with E-state index in [0.29, 0.717) is 10.8 Å². The number of fused-ring (bicyclic) bond motifs is 1. The molecule has 0 aliphatic heterocycles. The van der Waals surface area contributed by atoms with Crippen molar-refractivity contribution in [2.75, 3.05) is 0 Å². The van der Waals surface area contributed by atoms with Gasteiger partial charge in [0.2, 0.25) is 0 Å². The molecule has 0 spiro atoms. The molecule has 2 nitrogen and oxygen atoms in total. The van der Waals surface area contributed by atoms with E-state index >= 15 is 0 Å². The topological polar surface area (TPSA) is 20.7 Å². The first-order chi connectivity index (χ1) is 10.1. The Kier molecular flexibility index (Phi) is 4.36. The maximum absolute atomic E-state index is 13.6. The summed E-state index contributed by atoms with van der Waals surface area (Å²) in [6.07, 6.45) is 7.37. The van der Waals surface area contributed by atoms with Crippen molar-refractivity contribution >= 4 is 34.9 Å². The van der Waals surface area contributed by atoms with Gasteiger partial charge in [-0.15, -0.1) is 0 Å². The molecule has 1 N–H and O–H groups in total. The van der Waals surface area contributed by atoms with Gasteiger partial charge in [0.05, 0.1) is 16.1 Å². The number of H-pyrrole nitrogens is 1. The van der Waals surface area contributed by atoms with Crippen LogP contribution in [0.5, 0.6) is 0 Å². The van der Waals surface area contributed by atoms with Gasteiger partial charge in [-0.3, -0.25) is 0 Å². The fraction of sp³-hybridized carbons (Fsp3) is 0.562. The number of rotatable bonds is 3. The summed E-state index contributed by atoms with van der Waals surface area (Å²) < 4.78 is 16.4. The number of aromatic nitrogens is 2. The molecule has 0 saturated heterocycles. The van der Waals surface area contributed by atoms with Gasteiger partial charge < -0.3 is 9.55 Å². The lowest BCUT2D eigenvalue weighted by Crippen LogP contribution is -2.18. The van der Waals surface area contributed by atoms with Crippen LogP contribution in [0.15, 0.2) is 12.1 Å². The number of nitrogens with zero attached hydrogens (tertiary/aromatic N) is 1. The standard InChI is InChI=1S/C16H20ClFN2S/c1-2-3-10-4-6-11(7-5-10)20-15-8-12(17)13(18)9-14(15)19-16(20)21/h8-11H,2-7H2,1H3,(H,19,21). The smallest absolute Gasteiger partial charge is 0.178 e. The van der Waals surface area contributed by atoms with Crippen molar-refractivity contribution in [1.82, 2.24) is 9.55 Å². The summed E-state index contributed by atoms with van der Waals surface area (Å²) in [7, 11) is 0. The summed E-state index contributed by atoms with van der Waals surface area (Å²) >= 11 is 11.4. The molecule has 1 saturated carbocycles. The molecule has 0 radical (unpaired) electrons. The zero-order chi connectivity index (χ0) is 15.0. The maximum Gasteiger partial charge on any atom is 0.178 e. The summed E-state index contributed by atoms with van der Waals surface area (Å²) in [4.78, 5) is 3.11. The Balaban J connectivity index is 1.92. The lowest BCUT2D eigenvalue weighted by Gasteiger charge is -2.29. The van der Waals surface area contributed by atoms with Crippen LogP contribution in [0.1, 0.15) is 51.5 Å². The van der Waals surface area contributed by atoms with E-state index in [1.54, 1.807) is 6.07 Å². The van der Waals surface area contributed by atoms with Crippen LogP contribution in [0.25, 0.3) is 11.0 Å². The number of halogens is 2. The van der Waals surface area contributed by atoms with Crippen molar-refractivity contribution in [3.05, 3.63) is 27.7 Å². The molecular formula is C16H20ClFN2S. The van der Waals surface area contributed by atoms with Crippen LogP contribution in [-0.2, 0) is 0 Å². The third-order valence-corrected chi connectivity index (χ3v) is 5.23. The van der Waals surface area contributed by atoms with E-state index in [-0.39, 0.29) is 5.02 Å². The normalized spacial score (nSPS) is 22.8. The maximum atomic E-state index is 13.6. The minimum atomic E-state index is -0.403. The van der Waals surface area contributed by atoms with E-state index in [9.17, 15) is 4.39 Å². The highest BCUT2D eigenvalue weighted by molar-refractivity contribution is 7.71. The number of hydrogen-bond acceptors (Lipinski definition) is 1. The lowest BCUT2D eigenvalue weighted by molar-refractivity contribution is 0.264. The van der Waals surface area contributed by atoms with Crippen molar-refractivity contribution in [1.29, 1.82) is 0 Å². The van der Waals surface area contributed by atoms with Crippen LogP contribution in [0.4, 0.5) is 4.39 Å². The molecule has 0 atom stereocenters. The quantitative estimate of drug-likeness (QED) is 0.684. The molecule has 1 fully saturated rings. The van der Waals surface area contributed by atoms with E-state index in [0.717, 1.165) is 29.8 Å². The monoisotopic (exact) mass is 326 g/mol. The van der Waals surface area contributed by atoms with Gasteiger partial charge in [-0.25, -0.2) is 4.39 Å². The zero-order valence-electron chi connectivity index (χ0n) is 12.2. The van der Waals surface area contributed by atoms with Gasteiger partial charge in [0.25, 0.3) is 0 Å². The van der Waals surface area contributed by atoms with Gasteiger partial charge in [-0.2, -0.15) is 0 Å². The third-order valence-electron chi connectivity index (χ3n) is 4.64. The van der Waals surface area contributed by atoms with Crippen molar-refractivity contribution in [3.8, 4) is 0 Å². The predicted octanol–water partition coefficient (Wildman–Crippen LogP) is 6.02. The summed E-state index contributed by atoms with van der Waals surface area (Å²) in [5.41, 5.74) is 1.66. The Hall–Kier alpha value is -0.870. The predicted molar refractivity (Wildman–Crippen MR) is 88.0 cm³/mol. The van der Waals surface area contributed by atoms with Gasteiger partial charge in [0.1, 0.15) is 5.82 Å². The van der Waals surface area contributed by atoms with Crippen LogP contribution in [-0.4, -0.2) is 9.55 Å². The molecule has 114 valence electrons.